The summed E-state index contributed by atoms with van der Waals surface area (Å²) in [5, 5.41) is 7.16. The van der Waals surface area contributed by atoms with E-state index < -0.39 is 10.8 Å². The monoisotopic (exact) mass is 259 g/mol. The normalized spacial score (nSPS) is 19.6. The molecular weight excluding hydrogens is 242 g/mol. The predicted molar refractivity (Wildman–Crippen MR) is 67.6 cm³/mol. The van der Waals surface area contributed by atoms with E-state index in [1.807, 2.05) is 0 Å². The van der Waals surface area contributed by atoms with Crippen molar-refractivity contribution < 1.29 is 4.21 Å². The van der Waals surface area contributed by atoms with Gasteiger partial charge in [0.25, 0.3) is 0 Å². The average molecular weight is 259 g/mol. The maximum atomic E-state index is 11.1. The minimum absolute atomic E-state index is 0.283. The number of aromatic nitrogens is 3. The molecule has 90 valence electrons. The third kappa shape index (κ3) is 2.60. The second-order valence-electron chi connectivity index (χ2n) is 4.45. The van der Waals surface area contributed by atoms with Crippen LogP contribution in [0.1, 0.15) is 44.0 Å². The van der Waals surface area contributed by atoms with Gasteiger partial charge in [-0.05, 0) is 38.4 Å². The lowest BCUT2D eigenvalue weighted by Gasteiger charge is -2.14. The van der Waals surface area contributed by atoms with E-state index in [2.05, 4.69) is 21.7 Å². The molecule has 0 radical (unpaired) electrons. The summed E-state index contributed by atoms with van der Waals surface area (Å²) in [5.74, 6) is 2.39. The molecule has 0 aromatic carbocycles. The van der Waals surface area contributed by atoms with E-state index in [1.54, 1.807) is 6.26 Å². The number of nitrogens with one attached hydrogen (secondary N) is 1. The number of hydrogen-bond acceptors (Lipinski definition) is 3. The number of rotatable bonds is 5. The molecule has 2 atom stereocenters. The van der Waals surface area contributed by atoms with Crippen LogP contribution in [0.4, 0.5) is 0 Å². The summed E-state index contributed by atoms with van der Waals surface area (Å²) in [7, 11) is -0.734. The van der Waals surface area contributed by atoms with Gasteiger partial charge in [0, 0.05) is 34.8 Å². The summed E-state index contributed by atoms with van der Waals surface area (Å²) in [6.45, 7) is 2.12. The highest BCUT2D eigenvalue weighted by atomic mass is 32.2. The second kappa shape index (κ2) is 4.79. The van der Waals surface area contributed by atoms with Crippen molar-refractivity contribution in [2.24, 2.45) is 0 Å². The zero-order chi connectivity index (χ0) is 11.7. The molecule has 0 aliphatic heterocycles. The summed E-state index contributed by atoms with van der Waals surface area (Å²) >= 11 is 5.25. The lowest BCUT2D eigenvalue weighted by atomic mass is 10.2. The van der Waals surface area contributed by atoms with Gasteiger partial charge in [-0.15, -0.1) is 0 Å². The van der Waals surface area contributed by atoms with E-state index in [9.17, 15) is 4.21 Å². The van der Waals surface area contributed by atoms with Gasteiger partial charge >= 0.3 is 0 Å². The van der Waals surface area contributed by atoms with Crippen LogP contribution in [0.2, 0.25) is 0 Å². The van der Waals surface area contributed by atoms with Gasteiger partial charge in [-0.1, -0.05) is 0 Å². The molecule has 2 rings (SSSR count). The van der Waals surface area contributed by atoms with E-state index >= 15 is 0 Å². The summed E-state index contributed by atoms with van der Waals surface area (Å²) < 4.78 is 13.9. The van der Waals surface area contributed by atoms with Crippen molar-refractivity contribution in [2.75, 3.05) is 12.0 Å². The van der Waals surface area contributed by atoms with Crippen molar-refractivity contribution in [1.29, 1.82) is 0 Å². The molecule has 0 spiro atoms. The summed E-state index contributed by atoms with van der Waals surface area (Å²) in [6.07, 6.45) is 5.05. The Morgan fingerprint density at radius 2 is 2.38 bits per heavy atom. The molecule has 1 heterocycles. The third-order valence-electron chi connectivity index (χ3n) is 2.94. The molecule has 1 aliphatic rings. The molecule has 1 aliphatic carbocycles. The van der Waals surface area contributed by atoms with Gasteiger partial charge in [-0.25, -0.2) is 0 Å². The highest BCUT2D eigenvalue weighted by molar-refractivity contribution is 7.84. The fourth-order valence-corrected chi connectivity index (χ4v) is 2.83. The maximum Gasteiger partial charge on any atom is 0.195 e. The standard InChI is InChI=1S/C10H17N3OS2/c1-7(5-6-16(2)14)13-9(8-3-4-8)11-12-10(13)15/h7-8H,3-6H2,1-2H3,(H,12,15). The highest BCUT2D eigenvalue weighted by Crippen LogP contribution is 2.39. The van der Waals surface area contributed by atoms with Crippen LogP contribution >= 0.6 is 12.2 Å². The van der Waals surface area contributed by atoms with Crippen molar-refractivity contribution in [3.05, 3.63) is 10.6 Å². The minimum atomic E-state index is -0.734. The van der Waals surface area contributed by atoms with Crippen LogP contribution in [0.15, 0.2) is 0 Å². The Bertz CT molecular complexity index is 447. The molecule has 0 bridgehead atoms. The van der Waals surface area contributed by atoms with Crippen LogP contribution in [0, 0.1) is 4.77 Å². The van der Waals surface area contributed by atoms with Gasteiger partial charge in [-0.2, -0.15) is 5.10 Å². The van der Waals surface area contributed by atoms with E-state index in [-0.39, 0.29) is 6.04 Å². The molecule has 1 N–H and O–H groups in total. The van der Waals surface area contributed by atoms with Crippen LogP contribution in [0.25, 0.3) is 0 Å². The first-order valence-corrected chi connectivity index (χ1v) is 7.70. The smallest absolute Gasteiger partial charge is 0.195 e. The van der Waals surface area contributed by atoms with E-state index in [1.165, 1.54) is 12.8 Å². The average Bonchev–Trinajstić information content (AvgIpc) is 2.99. The molecule has 1 aromatic heterocycles. The van der Waals surface area contributed by atoms with Gasteiger partial charge in [0.1, 0.15) is 5.82 Å². The second-order valence-corrected chi connectivity index (χ2v) is 6.39. The van der Waals surface area contributed by atoms with Crippen LogP contribution in [-0.2, 0) is 10.8 Å². The van der Waals surface area contributed by atoms with E-state index in [0.717, 1.165) is 18.0 Å². The Kier molecular flexibility index (Phi) is 3.59. The predicted octanol–water partition coefficient (Wildman–Crippen LogP) is 2.15. The molecule has 1 fully saturated rings. The molecule has 1 saturated carbocycles. The molecule has 1 aromatic rings. The zero-order valence-electron chi connectivity index (χ0n) is 9.60. The lowest BCUT2D eigenvalue weighted by molar-refractivity contribution is 0.504. The van der Waals surface area contributed by atoms with E-state index in [0.29, 0.717) is 10.7 Å². The summed E-state index contributed by atoms with van der Waals surface area (Å²) in [5.41, 5.74) is 0. The summed E-state index contributed by atoms with van der Waals surface area (Å²) in [6, 6.07) is 0.283. The zero-order valence-corrected chi connectivity index (χ0v) is 11.2. The number of nitrogens with zero attached hydrogens (tertiary/aromatic N) is 2. The van der Waals surface area contributed by atoms with Gasteiger partial charge in [0.15, 0.2) is 4.77 Å². The Hall–Kier alpha value is -0.490. The highest BCUT2D eigenvalue weighted by Gasteiger charge is 2.30. The van der Waals surface area contributed by atoms with Gasteiger partial charge in [0.05, 0.1) is 0 Å². The van der Waals surface area contributed by atoms with Gasteiger partial charge in [0.2, 0.25) is 0 Å². The Labute approximate surface area is 103 Å². The van der Waals surface area contributed by atoms with Crippen molar-refractivity contribution in [1.82, 2.24) is 14.8 Å². The molecular formula is C10H17N3OS2. The number of hydrogen-bond donors (Lipinski definition) is 1. The largest absolute Gasteiger partial charge is 0.301 e. The molecule has 2 unspecified atom stereocenters. The minimum Gasteiger partial charge on any atom is -0.301 e. The fourth-order valence-electron chi connectivity index (χ4n) is 1.84. The first-order chi connectivity index (χ1) is 7.59. The van der Waals surface area contributed by atoms with Crippen LogP contribution in [-0.4, -0.2) is 31.0 Å². The quantitative estimate of drug-likeness (QED) is 0.824. The topological polar surface area (TPSA) is 50.7 Å². The fraction of sp³-hybridized carbons (Fsp3) is 0.800. The first-order valence-electron chi connectivity index (χ1n) is 5.56. The Morgan fingerprint density at radius 1 is 1.69 bits per heavy atom. The molecule has 0 saturated heterocycles. The van der Waals surface area contributed by atoms with Crippen LogP contribution in [0.3, 0.4) is 0 Å². The molecule has 4 nitrogen and oxygen atoms in total. The Balaban J connectivity index is 2.14. The van der Waals surface area contributed by atoms with Crippen molar-refractivity contribution in [2.45, 2.75) is 38.1 Å². The van der Waals surface area contributed by atoms with Crippen molar-refractivity contribution in [3.63, 3.8) is 0 Å². The van der Waals surface area contributed by atoms with E-state index in [4.69, 9.17) is 12.2 Å². The third-order valence-corrected chi connectivity index (χ3v) is 4.04. The van der Waals surface area contributed by atoms with Crippen LogP contribution in [0.5, 0.6) is 0 Å². The first kappa shape index (κ1) is 12.0. The van der Waals surface area contributed by atoms with Crippen LogP contribution < -0.4 is 0 Å². The molecule has 16 heavy (non-hydrogen) atoms. The van der Waals surface area contributed by atoms with Gasteiger partial charge in [-0.3, -0.25) is 9.31 Å². The van der Waals surface area contributed by atoms with Crippen molar-refractivity contribution >= 4 is 23.0 Å². The molecule has 6 heteroatoms. The number of H-pyrrole nitrogens is 1. The summed E-state index contributed by atoms with van der Waals surface area (Å²) in [4.78, 5) is 0. The lowest BCUT2D eigenvalue weighted by Crippen LogP contribution is -2.12. The van der Waals surface area contributed by atoms with Gasteiger partial charge < -0.3 is 4.57 Å². The maximum absolute atomic E-state index is 11.1. The van der Waals surface area contributed by atoms with Crippen molar-refractivity contribution in [3.8, 4) is 0 Å². The molecule has 0 amide bonds. The number of aromatic amines is 1. The SMILES string of the molecule is CC(CCS(C)=O)n1c(C2CC2)n[nH]c1=S. The Morgan fingerprint density at radius 3 is 2.94 bits per heavy atom.